The first-order valence-corrected chi connectivity index (χ1v) is 6.44. The zero-order valence-electron chi connectivity index (χ0n) is 11.2. The minimum Gasteiger partial charge on any atom is -0.477 e. The van der Waals surface area contributed by atoms with E-state index in [9.17, 15) is 9.59 Å². The van der Waals surface area contributed by atoms with Crippen LogP contribution >= 0.6 is 0 Å². The Balaban J connectivity index is 2.68. The summed E-state index contributed by atoms with van der Waals surface area (Å²) in [6.07, 6.45) is 2.26. The highest BCUT2D eigenvalue weighted by Crippen LogP contribution is 2.15. The predicted octanol–water partition coefficient (Wildman–Crippen LogP) is 0.931. The summed E-state index contributed by atoms with van der Waals surface area (Å²) >= 11 is 0. The number of fused-ring (bicyclic) bond motifs is 1. The Morgan fingerprint density at radius 2 is 2.20 bits per heavy atom. The molecule has 0 aromatic carbocycles. The number of pyridine rings is 2. The lowest BCUT2D eigenvalue weighted by atomic mass is 10.1. The molecule has 6 nitrogen and oxygen atoms in total. The Labute approximate surface area is 115 Å². The Kier molecular flexibility index (Phi) is 4.05. The van der Waals surface area contributed by atoms with Gasteiger partial charge in [-0.05, 0) is 30.2 Å². The molecule has 0 aliphatic carbocycles. The van der Waals surface area contributed by atoms with Crippen LogP contribution in [0.4, 0.5) is 5.69 Å². The SMILES string of the molecule is CCc1cc(C(=O)O)c(=O)n2cc(NCCN)ccc12. The average Bonchev–Trinajstić information content (AvgIpc) is 2.45. The van der Waals surface area contributed by atoms with Gasteiger partial charge < -0.3 is 16.2 Å². The summed E-state index contributed by atoms with van der Waals surface area (Å²) in [6, 6.07) is 5.11. The number of carboxylic acid groups (broad SMARTS) is 1. The number of rotatable bonds is 5. The van der Waals surface area contributed by atoms with Gasteiger partial charge in [-0.3, -0.25) is 9.20 Å². The molecule has 0 saturated carbocycles. The van der Waals surface area contributed by atoms with Gasteiger partial charge in [0.25, 0.3) is 5.56 Å². The van der Waals surface area contributed by atoms with Crippen molar-refractivity contribution in [2.75, 3.05) is 18.4 Å². The Bertz CT molecular complexity index is 707. The van der Waals surface area contributed by atoms with Gasteiger partial charge >= 0.3 is 5.97 Å². The van der Waals surface area contributed by atoms with Crippen molar-refractivity contribution < 1.29 is 9.90 Å². The van der Waals surface area contributed by atoms with E-state index in [1.165, 1.54) is 10.5 Å². The van der Waals surface area contributed by atoms with E-state index in [2.05, 4.69) is 5.32 Å². The molecule has 0 aliphatic heterocycles. The van der Waals surface area contributed by atoms with Crippen molar-refractivity contribution in [3.05, 3.63) is 45.9 Å². The number of carbonyl (C=O) groups is 1. The summed E-state index contributed by atoms with van der Waals surface area (Å²) in [5.74, 6) is -1.21. The molecule has 2 heterocycles. The maximum absolute atomic E-state index is 12.2. The zero-order chi connectivity index (χ0) is 14.7. The summed E-state index contributed by atoms with van der Waals surface area (Å²) in [6.45, 7) is 2.98. The number of hydrogen-bond donors (Lipinski definition) is 3. The van der Waals surface area contributed by atoms with Crippen molar-refractivity contribution in [1.82, 2.24) is 4.40 Å². The number of aromatic carboxylic acids is 1. The number of carboxylic acids is 1. The number of aromatic nitrogens is 1. The fraction of sp³-hybridized carbons (Fsp3) is 0.286. The van der Waals surface area contributed by atoms with E-state index in [0.717, 1.165) is 16.8 Å². The quantitative estimate of drug-likeness (QED) is 0.754. The maximum atomic E-state index is 12.2. The third-order valence-corrected chi connectivity index (χ3v) is 3.13. The molecule has 0 saturated heterocycles. The van der Waals surface area contributed by atoms with E-state index in [4.69, 9.17) is 10.8 Å². The van der Waals surface area contributed by atoms with Crippen molar-refractivity contribution >= 4 is 17.2 Å². The summed E-state index contributed by atoms with van der Waals surface area (Å²) in [4.78, 5) is 23.3. The van der Waals surface area contributed by atoms with Crippen LogP contribution in [0.25, 0.3) is 5.52 Å². The van der Waals surface area contributed by atoms with E-state index >= 15 is 0 Å². The molecule has 2 aromatic heterocycles. The Hall–Kier alpha value is -2.34. The molecule has 6 heteroatoms. The zero-order valence-corrected chi connectivity index (χ0v) is 11.2. The second-order valence-electron chi connectivity index (χ2n) is 4.44. The fourth-order valence-corrected chi connectivity index (χ4v) is 2.13. The molecule has 0 amide bonds. The summed E-state index contributed by atoms with van der Waals surface area (Å²) in [5, 5.41) is 12.2. The molecule has 0 unspecified atom stereocenters. The molecule has 0 spiro atoms. The van der Waals surface area contributed by atoms with Gasteiger partial charge in [0, 0.05) is 19.3 Å². The number of hydrogen-bond acceptors (Lipinski definition) is 4. The first kappa shape index (κ1) is 14.1. The fourth-order valence-electron chi connectivity index (χ4n) is 2.13. The number of nitrogens with one attached hydrogen (secondary N) is 1. The molecule has 0 radical (unpaired) electrons. The number of nitrogens with zero attached hydrogens (tertiary/aromatic N) is 1. The number of aryl methyl sites for hydroxylation is 1. The van der Waals surface area contributed by atoms with Gasteiger partial charge in [0.05, 0.1) is 11.2 Å². The van der Waals surface area contributed by atoms with Crippen molar-refractivity contribution in [1.29, 1.82) is 0 Å². The van der Waals surface area contributed by atoms with Gasteiger partial charge in [-0.2, -0.15) is 0 Å². The van der Waals surface area contributed by atoms with Crippen LogP contribution in [0.1, 0.15) is 22.8 Å². The lowest BCUT2D eigenvalue weighted by Crippen LogP contribution is -2.23. The van der Waals surface area contributed by atoms with Gasteiger partial charge in [-0.25, -0.2) is 4.79 Å². The van der Waals surface area contributed by atoms with Crippen molar-refractivity contribution in [3.63, 3.8) is 0 Å². The Morgan fingerprint density at radius 1 is 1.45 bits per heavy atom. The molecule has 20 heavy (non-hydrogen) atoms. The monoisotopic (exact) mass is 275 g/mol. The van der Waals surface area contributed by atoms with E-state index in [1.807, 2.05) is 19.1 Å². The molecule has 0 fully saturated rings. The molecular formula is C14H17N3O3. The minimum atomic E-state index is -1.21. The highest BCUT2D eigenvalue weighted by molar-refractivity contribution is 5.88. The molecule has 0 atom stereocenters. The van der Waals surface area contributed by atoms with E-state index in [0.29, 0.717) is 19.5 Å². The third kappa shape index (κ3) is 2.50. The van der Waals surface area contributed by atoms with E-state index < -0.39 is 11.5 Å². The first-order chi connectivity index (χ1) is 9.58. The van der Waals surface area contributed by atoms with Crippen LogP contribution in [-0.2, 0) is 6.42 Å². The summed E-state index contributed by atoms with van der Waals surface area (Å²) in [7, 11) is 0. The molecular weight excluding hydrogens is 258 g/mol. The van der Waals surface area contributed by atoms with Crippen molar-refractivity contribution in [2.24, 2.45) is 5.73 Å². The molecule has 2 aromatic rings. The second kappa shape index (κ2) is 5.75. The van der Waals surface area contributed by atoms with E-state index in [1.54, 1.807) is 6.20 Å². The molecule has 0 bridgehead atoms. The lowest BCUT2D eigenvalue weighted by molar-refractivity contribution is 0.0694. The third-order valence-electron chi connectivity index (χ3n) is 3.13. The number of anilines is 1. The number of nitrogens with two attached hydrogens (primary N) is 1. The highest BCUT2D eigenvalue weighted by Gasteiger charge is 2.14. The van der Waals surface area contributed by atoms with Crippen LogP contribution in [0, 0.1) is 0 Å². The summed E-state index contributed by atoms with van der Waals surface area (Å²) in [5.41, 5.74) is 6.96. The Morgan fingerprint density at radius 3 is 2.80 bits per heavy atom. The molecule has 0 aliphatic rings. The van der Waals surface area contributed by atoms with Crippen LogP contribution in [0.5, 0.6) is 0 Å². The lowest BCUT2D eigenvalue weighted by Gasteiger charge is -2.11. The predicted molar refractivity (Wildman–Crippen MR) is 77.5 cm³/mol. The smallest absolute Gasteiger partial charge is 0.341 e. The summed E-state index contributed by atoms with van der Waals surface area (Å²) < 4.78 is 1.38. The second-order valence-corrected chi connectivity index (χ2v) is 4.44. The standard InChI is InChI=1S/C14H17N3O3/c1-2-9-7-11(14(19)20)13(18)17-8-10(16-6-5-15)3-4-12(9)17/h3-4,7-8,16H,2,5-6,15H2,1H3,(H,19,20). The topological polar surface area (TPSA) is 96.8 Å². The average molecular weight is 275 g/mol. The van der Waals surface area contributed by atoms with Crippen LogP contribution in [0.15, 0.2) is 29.2 Å². The normalized spacial score (nSPS) is 10.7. The molecule has 2 rings (SSSR count). The van der Waals surface area contributed by atoms with Crippen LogP contribution in [0.3, 0.4) is 0 Å². The maximum Gasteiger partial charge on any atom is 0.341 e. The highest BCUT2D eigenvalue weighted by atomic mass is 16.4. The first-order valence-electron chi connectivity index (χ1n) is 6.44. The van der Waals surface area contributed by atoms with Gasteiger partial charge in [-0.15, -0.1) is 0 Å². The van der Waals surface area contributed by atoms with E-state index in [-0.39, 0.29) is 5.56 Å². The van der Waals surface area contributed by atoms with Crippen molar-refractivity contribution in [3.8, 4) is 0 Å². The molecule has 4 N–H and O–H groups in total. The van der Waals surface area contributed by atoms with Gasteiger partial charge in [-0.1, -0.05) is 6.92 Å². The van der Waals surface area contributed by atoms with Gasteiger partial charge in [0.2, 0.25) is 0 Å². The van der Waals surface area contributed by atoms with Crippen LogP contribution < -0.4 is 16.6 Å². The minimum absolute atomic E-state index is 0.213. The van der Waals surface area contributed by atoms with Gasteiger partial charge in [0.1, 0.15) is 5.56 Å². The molecule has 106 valence electrons. The largest absolute Gasteiger partial charge is 0.477 e. The van der Waals surface area contributed by atoms with Gasteiger partial charge in [0.15, 0.2) is 0 Å². The van der Waals surface area contributed by atoms with Crippen molar-refractivity contribution in [2.45, 2.75) is 13.3 Å². The van der Waals surface area contributed by atoms with Crippen LogP contribution in [-0.4, -0.2) is 28.6 Å². The van der Waals surface area contributed by atoms with Crippen LogP contribution in [0.2, 0.25) is 0 Å².